The van der Waals surface area contributed by atoms with Gasteiger partial charge >= 0.3 is 6.18 Å². The second-order valence-corrected chi connectivity index (χ2v) is 6.94. The third-order valence-corrected chi connectivity index (χ3v) is 5.28. The van der Waals surface area contributed by atoms with Gasteiger partial charge in [-0.1, -0.05) is 30.0 Å². The summed E-state index contributed by atoms with van der Waals surface area (Å²) in [5.41, 5.74) is 4.96. The SMILES string of the molecule is N#Cc1c(C(F)(F)F)cc(-c2cccs2)nc1Sc1ccccc1N. The van der Waals surface area contributed by atoms with E-state index < -0.39 is 17.3 Å². The van der Waals surface area contributed by atoms with Gasteiger partial charge in [0.1, 0.15) is 11.1 Å². The molecule has 0 saturated carbocycles. The van der Waals surface area contributed by atoms with E-state index in [9.17, 15) is 18.4 Å². The summed E-state index contributed by atoms with van der Waals surface area (Å²) in [7, 11) is 0. The average Bonchev–Trinajstić information content (AvgIpc) is 3.10. The van der Waals surface area contributed by atoms with E-state index in [-0.39, 0.29) is 10.7 Å². The van der Waals surface area contributed by atoms with Gasteiger partial charge in [0.25, 0.3) is 0 Å². The van der Waals surface area contributed by atoms with Crippen LogP contribution in [0.2, 0.25) is 0 Å². The molecule has 0 radical (unpaired) electrons. The number of hydrogen-bond donors (Lipinski definition) is 1. The lowest BCUT2D eigenvalue weighted by atomic mass is 10.1. The molecule has 2 heterocycles. The largest absolute Gasteiger partial charge is 0.417 e. The van der Waals surface area contributed by atoms with Gasteiger partial charge in [-0.3, -0.25) is 0 Å². The lowest BCUT2D eigenvalue weighted by Gasteiger charge is -2.14. The number of halogens is 3. The molecule has 0 aliphatic heterocycles. The molecule has 0 aliphatic carbocycles. The summed E-state index contributed by atoms with van der Waals surface area (Å²) in [6.45, 7) is 0. The molecule has 0 unspecified atom stereocenters. The number of anilines is 1. The van der Waals surface area contributed by atoms with Crippen LogP contribution in [0.15, 0.2) is 57.8 Å². The predicted molar refractivity (Wildman–Crippen MR) is 92.2 cm³/mol. The third-order valence-electron chi connectivity index (χ3n) is 3.30. The highest BCUT2D eigenvalue weighted by Gasteiger charge is 2.36. The number of nitrogen functional groups attached to an aromatic ring is 1. The van der Waals surface area contributed by atoms with Gasteiger partial charge in [0, 0.05) is 10.6 Å². The molecule has 0 spiro atoms. The number of aromatic nitrogens is 1. The van der Waals surface area contributed by atoms with E-state index >= 15 is 0 Å². The van der Waals surface area contributed by atoms with Crippen molar-refractivity contribution in [2.45, 2.75) is 16.1 Å². The van der Waals surface area contributed by atoms with Crippen molar-refractivity contribution in [3.8, 4) is 16.6 Å². The fourth-order valence-electron chi connectivity index (χ4n) is 2.16. The predicted octanol–water partition coefficient (Wildman–Crippen LogP) is 5.43. The Kier molecular flexibility index (Phi) is 4.70. The first-order chi connectivity index (χ1) is 11.9. The molecule has 126 valence electrons. The minimum absolute atomic E-state index is 0.0152. The molecule has 3 nitrogen and oxygen atoms in total. The van der Waals surface area contributed by atoms with Crippen LogP contribution in [0.1, 0.15) is 11.1 Å². The van der Waals surface area contributed by atoms with E-state index in [1.54, 1.807) is 47.8 Å². The highest BCUT2D eigenvalue weighted by Crippen LogP contribution is 2.41. The van der Waals surface area contributed by atoms with Crippen molar-refractivity contribution in [2.24, 2.45) is 0 Å². The molecule has 2 N–H and O–H groups in total. The quantitative estimate of drug-likeness (QED) is 0.618. The number of para-hydroxylation sites is 1. The number of nitriles is 1. The Morgan fingerprint density at radius 3 is 2.52 bits per heavy atom. The molecule has 25 heavy (non-hydrogen) atoms. The lowest BCUT2D eigenvalue weighted by molar-refractivity contribution is -0.138. The van der Waals surface area contributed by atoms with Gasteiger partial charge in [0.2, 0.25) is 0 Å². The first kappa shape index (κ1) is 17.3. The number of hydrogen-bond acceptors (Lipinski definition) is 5. The zero-order valence-corrected chi connectivity index (χ0v) is 14.2. The molecule has 2 aromatic heterocycles. The third kappa shape index (κ3) is 3.62. The Labute approximate surface area is 149 Å². The topological polar surface area (TPSA) is 62.7 Å². The molecule has 0 bridgehead atoms. The zero-order valence-electron chi connectivity index (χ0n) is 12.5. The number of nitrogens with two attached hydrogens (primary N) is 1. The summed E-state index contributed by atoms with van der Waals surface area (Å²) in [5.74, 6) is 0. The monoisotopic (exact) mass is 377 g/mol. The van der Waals surface area contributed by atoms with Gasteiger partial charge in [-0.2, -0.15) is 18.4 Å². The van der Waals surface area contributed by atoms with E-state index in [0.29, 0.717) is 15.5 Å². The van der Waals surface area contributed by atoms with Gasteiger partial charge in [-0.05, 0) is 29.6 Å². The van der Waals surface area contributed by atoms with E-state index in [1.165, 1.54) is 11.3 Å². The molecule has 1 aromatic carbocycles. The number of nitrogens with zero attached hydrogens (tertiary/aromatic N) is 2. The molecule has 3 rings (SSSR count). The Bertz CT molecular complexity index is 945. The molecule has 0 aliphatic rings. The van der Waals surface area contributed by atoms with E-state index in [2.05, 4.69) is 4.98 Å². The van der Waals surface area contributed by atoms with E-state index in [4.69, 9.17) is 5.73 Å². The first-order valence-electron chi connectivity index (χ1n) is 6.98. The molecule has 0 amide bonds. The number of pyridine rings is 1. The summed E-state index contributed by atoms with van der Waals surface area (Å²) in [6.07, 6.45) is -4.66. The number of thiophene rings is 1. The number of rotatable bonds is 3. The Morgan fingerprint density at radius 2 is 1.92 bits per heavy atom. The van der Waals surface area contributed by atoms with Crippen LogP contribution < -0.4 is 5.73 Å². The van der Waals surface area contributed by atoms with Crippen LogP contribution in [-0.2, 0) is 6.18 Å². The van der Waals surface area contributed by atoms with Crippen LogP contribution in [0, 0.1) is 11.3 Å². The maximum absolute atomic E-state index is 13.4. The van der Waals surface area contributed by atoms with Crippen molar-refractivity contribution in [1.29, 1.82) is 5.26 Å². The van der Waals surface area contributed by atoms with Crippen molar-refractivity contribution >= 4 is 28.8 Å². The average molecular weight is 377 g/mol. The Morgan fingerprint density at radius 1 is 1.16 bits per heavy atom. The van der Waals surface area contributed by atoms with E-state index in [0.717, 1.165) is 17.8 Å². The highest BCUT2D eigenvalue weighted by molar-refractivity contribution is 7.99. The number of alkyl halides is 3. The van der Waals surface area contributed by atoms with Crippen molar-refractivity contribution in [1.82, 2.24) is 4.98 Å². The van der Waals surface area contributed by atoms with Crippen molar-refractivity contribution in [3.05, 3.63) is 59.0 Å². The Hall–Kier alpha value is -2.50. The van der Waals surface area contributed by atoms with Crippen LogP contribution in [0.3, 0.4) is 0 Å². The van der Waals surface area contributed by atoms with Gasteiger partial charge in [0.15, 0.2) is 0 Å². The van der Waals surface area contributed by atoms with Gasteiger partial charge < -0.3 is 5.73 Å². The van der Waals surface area contributed by atoms with Crippen LogP contribution in [-0.4, -0.2) is 4.98 Å². The summed E-state index contributed by atoms with van der Waals surface area (Å²) >= 11 is 2.23. The molecular formula is C17H10F3N3S2. The number of benzene rings is 1. The van der Waals surface area contributed by atoms with Crippen molar-refractivity contribution in [3.63, 3.8) is 0 Å². The Balaban J connectivity index is 2.20. The molecular weight excluding hydrogens is 367 g/mol. The van der Waals surface area contributed by atoms with E-state index in [1.807, 2.05) is 0 Å². The lowest BCUT2D eigenvalue weighted by Crippen LogP contribution is -2.10. The standard InChI is InChI=1S/C17H10F3N3S2/c18-17(19,20)11-8-13(15-6-3-7-24-15)23-16(10(11)9-21)25-14-5-2-1-4-12(14)22/h1-8H,22H2. The molecule has 0 atom stereocenters. The maximum Gasteiger partial charge on any atom is 0.417 e. The molecule has 3 aromatic rings. The summed E-state index contributed by atoms with van der Waals surface area (Å²) in [6, 6.07) is 12.7. The van der Waals surface area contributed by atoms with Gasteiger partial charge in [0.05, 0.1) is 21.7 Å². The maximum atomic E-state index is 13.4. The molecule has 0 saturated heterocycles. The molecule has 8 heteroatoms. The van der Waals surface area contributed by atoms with Gasteiger partial charge in [-0.15, -0.1) is 11.3 Å². The van der Waals surface area contributed by atoms with Crippen LogP contribution >= 0.6 is 23.1 Å². The van der Waals surface area contributed by atoms with Crippen molar-refractivity contribution in [2.75, 3.05) is 5.73 Å². The normalized spacial score (nSPS) is 11.3. The smallest absolute Gasteiger partial charge is 0.398 e. The van der Waals surface area contributed by atoms with Crippen LogP contribution in [0.5, 0.6) is 0 Å². The summed E-state index contributed by atoms with van der Waals surface area (Å²) < 4.78 is 40.3. The van der Waals surface area contributed by atoms with Crippen LogP contribution in [0.25, 0.3) is 10.6 Å². The highest BCUT2D eigenvalue weighted by atomic mass is 32.2. The fraction of sp³-hybridized carbons (Fsp3) is 0.0588. The second kappa shape index (κ2) is 6.78. The van der Waals surface area contributed by atoms with Crippen molar-refractivity contribution < 1.29 is 13.2 Å². The first-order valence-corrected chi connectivity index (χ1v) is 8.68. The minimum Gasteiger partial charge on any atom is -0.398 e. The second-order valence-electron chi connectivity index (χ2n) is 4.96. The minimum atomic E-state index is -4.66. The summed E-state index contributed by atoms with van der Waals surface area (Å²) in [4.78, 5) is 5.43. The molecule has 0 fully saturated rings. The van der Waals surface area contributed by atoms with Gasteiger partial charge in [-0.25, -0.2) is 4.98 Å². The summed E-state index contributed by atoms with van der Waals surface area (Å²) in [5, 5.41) is 11.0. The van der Waals surface area contributed by atoms with Crippen LogP contribution in [0.4, 0.5) is 18.9 Å². The zero-order chi connectivity index (χ0) is 18.0. The fourth-order valence-corrected chi connectivity index (χ4v) is 3.78.